The maximum atomic E-state index is 11.8. The number of aromatic nitrogens is 2. The Morgan fingerprint density at radius 3 is 2.92 bits per heavy atom. The van der Waals surface area contributed by atoms with Gasteiger partial charge in [-0.05, 0) is 30.2 Å². The molecule has 0 amide bonds. The van der Waals surface area contributed by atoms with Crippen LogP contribution >= 0.6 is 0 Å². The van der Waals surface area contributed by atoms with Gasteiger partial charge in [-0.1, -0.05) is 37.6 Å². The van der Waals surface area contributed by atoms with Crippen LogP contribution in [0.15, 0.2) is 48.7 Å². The van der Waals surface area contributed by atoms with E-state index < -0.39 is 0 Å². The van der Waals surface area contributed by atoms with Crippen LogP contribution in [-0.2, 0) is 11.2 Å². The first-order chi connectivity index (χ1) is 12.8. The molecule has 1 N–H and O–H groups in total. The number of aromatic amines is 1. The van der Waals surface area contributed by atoms with Crippen molar-refractivity contribution in [3.05, 3.63) is 54.2 Å². The standard InChI is InChI=1S/C21H24N4O/c1-2-6-16-8-5-10-22-21(16)24-11-12-25(18(14-24)15-26)20-13-17-7-3-4-9-19(17)23-20/h3-5,7-10,13,15,18,23H,2,6,11-12,14H2,1H3. The molecular formula is C21H24N4O. The van der Waals surface area contributed by atoms with Gasteiger partial charge < -0.3 is 19.6 Å². The molecule has 0 bridgehead atoms. The molecule has 1 saturated heterocycles. The summed E-state index contributed by atoms with van der Waals surface area (Å²) in [6.45, 7) is 4.48. The third-order valence-electron chi connectivity index (χ3n) is 5.09. The summed E-state index contributed by atoms with van der Waals surface area (Å²) in [7, 11) is 0. The monoisotopic (exact) mass is 348 g/mol. The molecule has 3 heterocycles. The third-order valence-corrected chi connectivity index (χ3v) is 5.09. The lowest BCUT2D eigenvalue weighted by Gasteiger charge is -2.40. The number of benzene rings is 1. The Morgan fingerprint density at radius 1 is 1.23 bits per heavy atom. The molecule has 1 fully saturated rings. The number of aldehydes is 1. The number of piperazine rings is 1. The van der Waals surface area contributed by atoms with Crippen LogP contribution in [0, 0.1) is 0 Å². The van der Waals surface area contributed by atoms with Crippen molar-refractivity contribution < 1.29 is 4.79 Å². The van der Waals surface area contributed by atoms with E-state index in [0.717, 1.165) is 49.4 Å². The minimum Gasteiger partial charge on any atom is -0.352 e. The second-order valence-electron chi connectivity index (χ2n) is 6.82. The van der Waals surface area contributed by atoms with Crippen LogP contribution in [0.5, 0.6) is 0 Å². The van der Waals surface area contributed by atoms with Crippen molar-refractivity contribution in [2.75, 3.05) is 29.4 Å². The van der Waals surface area contributed by atoms with Crippen molar-refractivity contribution in [1.29, 1.82) is 0 Å². The summed E-state index contributed by atoms with van der Waals surface area (Å²) < 4.78 is 0. The Balaban J connectivity index is 1.58. The first-order valence-electron chi connectivity index (χ1n) is 9.28. The highest BCUT2D eigenvalue weighted by molar-refractivity contribution is 5.85. The van der Waals surface area contributed by atoms with E-state index in [1.165, 1.54) is 10.9 Å². The molecule has 0 spiro atoms. The predicted octanol–water partition coefficient (Wildman–Crippen LogP) is 3.41. The smallest absolute Gasteiger partial charge is 0.144 e. The van der Waals surface area contributed by atoms with E-state index in [4.69, 9.17) is 0 Å². The van der Waals surface area contributed by atoms with Crippen molar-refractivity contribution >= 4 is 28.8 Å². The van der Waals surface area contributed by atoms with Gasteiger partial charge in [0.15, 0.2) is 0 Å². The third kappa shape index (κ3) is 3.05. The molecule has 1 aliphatic rings. The van der Waals surface area contributed by atoms with Crippen LogP contribution in [0.4, 0.5) is 11.6 Å². The zero-order valence-electron chi connectivity index (χ0n) is 15.1. The van der Waals surface area contributed by atoms with E-state index in [9.17, 15) is 4.79 Å². The highest BCUT2D eigenvalue weighted by Crippen LogP contribution is 2.27. The summed E-state index contributed by atoms with van der Waals surface area (Å²) >= 11 is 0. The van der Waals surface area contributed by atoms with Crippen LogP contribution in [-0.4, -0.2) is 41.9 Å². The van der Waals surface area contributed by atoms with Crippen molar-refractivity contribution in [2.24, 2.45) is 0 Å². The number of pyridine rings is 1. The van der Waals surface area contributed by atoms with E-state index in [1.807, 2.05) is 24.4 Å². The van der Waals surface area contributed by atoms with Gasteiger partial charge in [-0.15, -0.1) is 0 Å². The summed E-state index contributed by atoms with van der Waals surface area (Å²) in [5.41, 5.74) is 2.36. The number of hydrogen-bond donors (Lipinski definition) is 1. The Morgan fingerprint density at radius 2 is 2.12 bits per heavy atom. The fraction of sp³-hybridized carbons (Fsp3) is 0.333. The molecule has 134 valence electrons. The molecule has 1 unspecified atom stereocenters. The average molecular weight is 348 g/mol. The van der Waals surface area contributed by atoms with Crippen LogP contribution in [0.25, 0.3) is 10.9 Å². The lowest BCUT2D eigenvalue weighted by atomic mass is 10.1. The fourth-order valence-electron chi connectivity index (χ4n) is 3.81. The van der Waals surface area contributed by atoms with Crippen LogP contribution in [0.3, 0.4) is 0 Å². The van der Waals surface area contributed by atoms with E-state index in [-0.39, 0.29) is 6.04 Å². The first-order valence-corrected chi connectivity index (χ1v) is 9.28. The van der Waals surface area contributed by atoms with Crippen molar-refractivity contribution in [3.63, 3.8) is 0 Å². The first kappa shape index (κ1) is 16.6. The summed E-state index contributed by atoms with van der Waals surface area (Å²) in [4.78, 5) is 24.3. The number of H-pyrrole nitrogens is 1. The van der Waals surface area contributed by atoms with Gasteiger partial charge in [0.1, 0.15) is 24.0 Å². The maximum absolute atomic E-state index is 11.8. The molecule has 5 heteroatoms. The SMILES string of the molecule is CCCc1cccnc1N1CCN(c2cc3ccccc3[nH]2)C(C=O)C1. The number of nitrogens with one attached hydrogen (secondary N) is 1. The van der Waals surface area contributed by atoms with Crippen molar-refractivity contribution in [3.8, 4) is 0 Å². The summed E-state index contributed by atoms with van der Waals surface area (Å²) in [6.07, 6.45) is 5.00. The van der Waals surface area contributed by atoms with Crippen molar-refractivity contribution in [2.45, 2.75) is 25.8 Å². The highest BCUT2D eigenvalue weighted by atomic mass is 16.1. The minimum absolute atomic E-state index is 0.187. The molecule has 1 aliphatic heterocycles. The lowest BCUT2D eigenvalue weighted by Crippen LogP contribution is -2.54. The van der Waals surface area contributed by atoms with Gasteiger partial charge in [0, 0.05) is 36.7 Å². The number of para-hydroxylation sites is 1. The number of carbonyl (C=O) groups excluding carboxylic acids is 1. The molecule has 1 atom stereocenters. The molecule has 5 nitrogen and oxygen atoms in total. The number of aryl methyl sites for hydroxylation is 1. The van der Waals surface area contributed by atoms with Gasteiger partial charge >= 0.3 is 0 Å². The quantitative estimate of drug-likeness (QED) is 0.718. The number of rotatable bonds is 5. The van der Waals surface area contributed by atoms with E-state index >= 15 is 0 Å². The van der Waals surface area contributed by atoms with Gasteiger partial charge in [0.05, 0.1) is 0 Å². The molecule has 26 heavy (non-hydrogen) atoms. The molecular weight excluding hydrogens is 324 g/mol. The van der Waals surface area contributed by atoms with E-state index in [1.54, 1.807) is 0 Å². The predicted molar refractivity (Wildman–Crippen MR) is 106 cm³/mol. The Bertz CT molecular complexity index is 871. The summed E-state index contributed by atoms with van der Waals surface area (Å²) in [6, 6.07) is 14.3. The number of anilines is 2. The highest BCUT2D eigenvalue weighted by Gasteiger charge is 2.29. The normalized spacial score (nSPS) is 17.7. The average Bonchev–Trinajstić information content (AvgIpc) is 3.12. The maximum Gasteiger partial charge on any atom is 0.144 e. The zero-order chi connectivity index (χ0) is 17.9. The number of hydrogen-bond acceptors (Lipinski definition) is 4. The van der Waals surface area contributed by atoms with E-state index in [0.29, 0.717) is 6.54 Å². The van der Waals surface area contributed by atoms with Gasteiger partial charge in [-0.25, -0.2) is 4.98 Å². The molecule has 0 radical (unpaired) electrons. The van der Waals surface area contributed by atoms with Crippen LogP contribution in [0.2, 0.25) is 0 Å². The topological polar surface area (TPSA) is 52.2 Å². The fourth-order valence-corrected chi connectivity index (χ4v) is 3.81. The molecule has 1 aromatic carbocycles. The van der Waals surface area contributed by atoms with Gasteiger partial charge in [-0.3, -0.25) is 0 Å². The van der Waals surface area contributed by atoms with Crippen LogP contribution in [0.1, 0.15) is 18.9 Å². The second-order valence-corrected chi connectivity index (χ2v) is 6.82. The molecule has 0 saturated carbocycles. The second kappa shape index (κ2) is 7.20. The van der Waals surface area contributed by atoms with E-state index in [2.05, 4.69) is 51.0 Å². The summed E-state index contributed by atoms with van der Waals surface area (Å²) in [5, 5.41) is 1.17. The Labute approximate surface area is 153 Å². The largest absolute Gasteiger partial charge is 0.352 e. The number of nitrogens with zero attached hydrogens (tertiary/aromatic N) is 3. The number of fused-ring (bicyclic) bond motifs is 1. The van der Waals surface area contributed by atoms with Gasteiger partial charge in [-0.2, -0.15) is 0 Å². The van der Waals surface area contributed by atoms with Gasteiger partial charge in [0.2, 0.25) is 0 Å². The lowest BCUT2D eigenvalue weighted by molar-refractivity contribution is -0.109. The summed E-state index contributed by atoms with van der Waals surface area (Å²) in [5.74, 6) is 2.04. The molecule has 3 aromatic rings. The zero-order valence-corrected chi connectivity index (χ0v) is 15.1. The number of carbonyl (C=O) groups is 1. The molecule has 0 aliphatic carbocycles. The minimum atomic E-state index is -0.187. The van der Waals surface area contributed by atoms with Gasteiger partial charge in [0.25, 0.3) is 0 Å². The Hall–Kier alpha value is -2.82. The van der Waals surface area contributed by atoms with Crippen molar-refractivity contribution in [1.82, 2.24) is 9.97 Å². The molecule has 2 aromatic heterocycles. The molecule has 4 rings (SSSR count). The Kier molecular flexibility index (Phi) is 4.61. The van der Waals surface area contributed by atoms with Crippen LogP contribution < -0.4 is 9.80 Å².